The largest absolute Gasteiger partial charge is 0.492 e. The highest BCUT2D eigenvalue weighted by Gasteiger charge is 2.18. The van der Waals surface area contributed by atoms with Gasteiger partial charge in [-0.1, -0.05) is 61.7 Å². The van der Waals surface area contributed by atoms with E-state index in [4.69, 9.17) is 4.74 Å². The Morgan fingerprint density at radius 2 is 1.68 bits per heavy atom. The van der Waals surface area contributed by atoms with Gasteiger partial charge in [-0.25, -0.2) is 0 Å². The highest BCUT2D eigenvalue weighted by molar-refractivity contribution is 9.12. The lowest BCUT2D eigenvalue weighted by molar-refractivity contribution is -0.384. The van der Waals surface area contributed by atoms with Crippen molar-refractivity contribution in [1.82, 2.24) is 0 Å². The van der Waals surface area contributed by atoms with Gasteiger partial charge in [-0.2, -0.15) is 0 Å². The maximum Gasteiger partial charge on any atom is 0.269 e. The van der Waals surface area contributed by atoms with Gasteiger partial charge in [0, 0.05) is 12.1 Å². The van der Waals surface area contributed by atoms with Crippen molar-refractivity contribution in [2.45, 2.75) is 16.6 Å². The van der Waals surface area contributed by atoms with E-state index in [1.54, 1.807) is 12.1 Å². The number of nitro groups is 1. The highest BCUT2D eigenvalue weighted by Crippen LogP contribution is 2.32. The molecule has 0 amide bonds. The fraction of sp³-hybridized carbons (Fsp3) is 0.250. The lowest BCUT2D eigenvalue weighted by Gasteiger charge is -2.18. The van der Waals surface area contributed by atoms with Crippen LogP contribution in [0.25, 0.3) is 0 Å². The smallest absolute Gasteiger partial charge is 0.269 e. The van der Waals surface area contributed by atoms with Crippen molar-refractivity contribution in [3.63, 3.8) is 0 Å². The van der Waals surface area contributed by atoms with E-state index in [0.29, 0.717) is 12.4 Å². The molecule has 0 spiro atoms. The first kappa shape index (κ1) is 17.0. The van der Waals surface area contributed by atoms with Crippen LogP contribution in [0, 0.1) is 17.0 Å². The minimum Gasteiger partial charge on any atom is -0.492 e. The van der Waals surface area contributed by atoms with Crippen LogP contribution in [-0.2, 0) is 0 Å². The number of hydrogen-bond donors (Lipinski definition) is 0. The number of rotatable bonds is 6. The molecule has 0 aliphatic heterocycles. The van der Waals surface area contributed by atoms with Crippen molar-refractivity contribution in [1.29, 1.82) is 0 Å². The van der Waals surface area contributed by atoms with Crippen LogP contribution in [0.5, 0.6) is 5.75 Å². The average Bonchev–Trinajstić information content (AvgIpc) is 2.53. The lowest BCUT2D eigenvalue weighted by atomic mass is 10.1. The number of hydrogen-bond acceptors (Lipinski definition) is 3. The SMILES string of the molecule is Cc1ccc([C@@H](Br)[C@H](Br)COc2ccc([N+](=O)[O-])cc2)cc1. The van der Waals surface area contributed by atoms with Gasteiger partial charge in [0.1, 0.15) is 12.4 Å². The zero-order chi connectivity index (χ0) is 16.1. The Morgan fingerprint density at radius 1 is 1.09 bits per heavy atom. The van der Waals surface area contributed by atoms with E-state index in [9.17, 15) is 10.1 Å². The van der Waals surface area contributed by atoms with E-state index in [1.165, 1.54) is 23.3 Å². The molecule has 0 fully saturated rings. The standard InChI is InChI=1S/C16H15Br2NO3/c1-11-2-4-12(5-3-11)16(18)15(17)10-22-14-8-6-13(7-9-14)19(20)21/h2-9,15-16H,10H2,1H3/t15-,16-/m1/s1. The monoisotopic (exact) mass is 427 g/mol. The molecule has 6 heteroatoms. The minimum atomic E-state index is -0.428. The zero-order valence-electron chi connectivity index (χ0n) is 11.9. The Hall–Kier alpha value is -1.40. The molecule has 2 atom stereocenters. The Morgan fingerprint density at radius 3 is 2.23 bits per heavy atom. The minimum absolute atomic E-state index is 0.0563. The third-order valence-electron chi connectivity index (χ3n) is 3.17. The molecule has 0 saturated carbocycles. The number of nitrogens with zero attached hydrogens (tertiary/aromatic N) is 1. The number of alkyl halides is 2. The summed E-state index contributed by atoms with van der Waals surface area (Å²) >= 11 is 7.28. The van der Waals surface area contributed by atoms with Gasteiger partial charge in [0.25, 0.3) is 5.69 Å². The summed E-state index contributed by atoms with van der Waals surface area (Å²) in [7, 11) is 0. The molecular weight excluding hydrogens is 414 g/mol. The van der Waals surface area contributed by atoms with Crippen LogP contribution in [0.1, 0.15) is 16.0 Å². The van der Waals surface area contributed by atoms with E-state index in [0.717, 1.165) is 0 Å². The molecule has 0 bridgehead atoms. The van der Waals surface area contributed by atoms with Crippen molar-refractivity contribution in [2.75, 3.05) is 6.61 Å². The van der Waals surface area contributed by atoms with Crippen LogP contribution in [-0.4, -0.2) is 16.4 Å². The quantitative estimate of drug-likeness (QED) is 0.361. The predicted octanol–water partition coefficient (Wildman–Crippen LogP) is 5.18. The maximum absolute atomic E-state index is 10.6. The summed E-state index contributed by atoms with van der Waals surface area (Å²) in [6.45, 7) is 2.50. The second-order valence-electron chi connectivity index (χ2n) is 4.89. The Kier molecular flexibility index (Phi) is 5.97. The topological polar surface area (TPSA) is 52.4 Å². The van der Waals surface area contributed by atoms with Gasteiger partial charge < -0.3 is 4.74 Å². The maximum atomic E-state index is 10.6. The summed E-state index contributed by atoms with van der Waals surface area (Å²) < 4.78 is 5.67. The number of halogens is 2. The summed E-state index contributed by atoms with van der Waals surface area (Å²) in [6, 6.07) is 14.4. The molecular formula is C16H15Br2NO3. The van der Waals surface area contributed by atoms with E-state index >= 15 is 0 Å². The number of non-ortho nitro benzene ring substituents is 1. The Labute approximate surface area is 145 Å². The summed E-state index contributed by atoms with van der Waals surface area (Å²) in [5.74, 6) is 0.610. The summed E-state index contributed by atoms with van der Waals surface area (Å²) in [5, 5.41) is 10.6. The third kappa shape index (κ3) is 4.55. The second-order valence-corrected chi connectivity index (χ2v) is 7.05. The van der Waals surface area contributed by atoms with E-state index in [2.05, 4.69) is 63.0 Å². The van der Waals surface area contributed by atoms with E-state index in [1.807, 2.05) is 0 Å². The number of aryl methyl sites for hydroxylation is 1. The molecule has 4 nitrogen and oxygen atoms in total. The first-order chi connectivity index (χ1) is 10.5. The van der Waals surface area contributed by atoms with Crippen molar-refractivity contribution in [2.24, 2.45) is 0 Å². The molecule has 0 aromatic heterocycles. The van der Waals surface area contributed by atoms with Gasteiger partial charge in [-0.3, -0.25) is 10.1 Å². The molecule has 0 heterocycles. The van der Waals surface area contributed by atoms with Gasteiger partial charge in [-0.15, -0.1) is 0 Å². The average molecular weight is 429 g/mol. The van der Waals surface area contributed by atoms with Crippen molar-refractivity contribution < 1.29 is 9.66 Å². The number of benzene rings is 2. The summed E-state index contributed by atoms with van der Waals surface area (Å²) in [4.78, 5) is 10.4. The highest BCUT2D eigenvalue weighted by atomic mass is 79.9. The number of ether oxygens (including phenoxy) is 1. The molecule has 2 aromatic carbocycles. The molecule has 0 radical (unpaired) electrons. The fourth-order valence-electron chi connectivity index (χ4n) is 1.88. The van der Waals surface area contributed by atoms with Crippen LogP contribution in [0.15, 0.2) is 48.5 Å². The van der Waals surface area contributed by atoms with Crippen LogP contribution >= 0.6 is 31.9 Å². The van der Waals surface area contributed by atoms with E-state index < -0.39 is 4.92 Å². The van der Waals surface area contributed by atoms with Crippen molar-refractivity contribution in [3.8, 4) is 5.75 Å². The lowest BCUT2D eigenvalue weighted by Crippen LogP contribution is -2.16. The second kappa shape index (κ2) is 7.74. The molecule has 0 N–H and O–H groups in total. The van der Waals surface area contributed by atoms with Crippen LogP contribution in [0.2, 0.25) is 0 Å². The Balaban J connectivity index is 1.92. The van der Waals surface area contributed by atoms with Crippen molar-refractivity contribution >= 4 is 37.5 Å². The molecule has 0 unspecified atom stereocenters. The summed E-state index contributed by atoms with van der Waals surface area (Å²) in [5.41, 5.74) is 2.44. The molecule has 22 heavy (non-hydrogen) atoms. The van der Waals surface area contributed by atoms with E-state index in [-0.39, 0.29) is 15.3 Å². The molecule has 0 saturated heterocycles. The van der Waals surface area contributed by atoms with Crippen molar-refractivity contribution in [3.05, 3.63) is 69.8 Å². The fourth-order valence-corrected chi connectivity index (χ4v) is 2.78. The molecule has 0 aliphatic rings. The summed E-state index contributed by atoms with van der Waals surface area (Å²) in [6.07, 6.45) is 0. The molecule has 2 rings (SSSR count). The van der Waals surface area contributed by atoms with Crippen LogP contribution < -0.4 is 4.74 Å². The molecule has 2 aromatic rings. The number of nitro benzene ring substituents is 1. The van der Waals surface area contributed by atoms with Gasteiger partial charge in [0.05, 0.1) is 14.6 Å². The van der Waals surface area contributed by atoms with Gasteiger partial charge in [0.15, 0.2) is 0 Å². The third-order valence-corrected chi connectivity index (χ3v) is 5.84. The first-order valence-corrected chi connectivity index (χ1v) is 8.52. The van der Waals surface area contributed by atoms with Crippen LogP contribution in [0.3, 0.4) is 0 Å². The molecule has 0 aliphatic carbocycles. The van der Waals surface area contributed by atoms with Gasteiger partial charge >= 0.3 is 0 Å². The Bertz CT molecular complexity index is 629. The normalized spacial score (nSPS) is 13.4. The first-order valence-electron chi connectivity index (χ1n) is 6.69. The van der Waals surface area contributed by atoms with Gasteiger partial charge in [-0.05, 0) is 24.6 Å². The molecule has 116 valence electrons. The predicted molar refractivity (Wildman–Crippen MR) is 94.2 cm³/mol. The van der Waals surface area contributed by atoms with Crippen LogP contribution in [0.4, 0.5) is 5.69 Å². The zero-order valence-corrected chi connectivity index (χ0v) is 15.1. The van der Waals surface area contributed by atoms with Gasteiger partial charge in [0.2, 0.25) is 0 Å².